The van der Waals surface area contributed by atoms with Crippen LogP contribution in [0.4, 0.5) is 8.78 Å². The van der Waals surface area contributed by atoms with Gasteiger partial charge < -0.3 is 14.7 Å². The highest BCUT2D eigenvalue weighted by molar-refractivity contribution is 5.20. The molecule has 3 nitrogen and oxygen atoms in total. The maximum absolute atomic E-state index is 13.1. The van der Waals surface area contributed by atoms with Crippen molar-refractivity contribution >= 4 is 0 Å². The minimum Gasteiger partial charge on any atom is -0.387 e. The molecule has 112 valence electrons. The summed E-state index contributed by atoms with van der Waals surface area (Å²) in [6.45, 7) is 2.50. The van der Waals surface area contributed by atoms with E-state index in [1.54, 1.807) is 0 Å². The highest BCUT2D eigenvalue weighted by atomic mass is 19.2. The number of aliphatic hydroxyl groups excluding tert-OH is 1. The van der Waals surface area contributed by atoms with Crippen LogP contribution in [0.15, 0.2) is 18.2 Å². The first-order chi connectivity index (χ1) is 9.56. The molecule has 1 aliphatic carbocycles. The molecule has 0 spiro atoms. The Labute approximate surface area is 118 Å². The Bertz CT molecular complexity index is 438. The van der Waals surface area contributed by atoms with E-state index in [1.807, 2.05) is 11.9 Å². The molecule has 1 fully saturated rings. The zero-order chi connectivity index (χ0) is 14.5. The second-order valence-corrected chi connectivity index (χ2v) is 5.47. The largest absolute Gasteiger partial charge is 0.387 e. The lowest BCUT2D eigenvalue weighted by Crippen LogP contribution is -2.28. The monoisotopic (exact) mass is 285 g/mol. The van der Waals surface area contributed by atoms with Crippen molar-refractivity contribution in [2.24, 2.45) is 5.92 Å². The maximum Gasteiger partial charge on any atom is 0.159 e. The average molecular weight is 285 g/mol. The fraction of sp³-hybridized carbons (Fsp3) is 0.600. The molecule has 0 amide bonds. The lowest BCUT2D eigenvalue weighted by Gasteiger charge is -2.20. The molecule has 2 rings (SSSR count). The first-order valence-corrected chi connectivity index (χ1v) is 6.95. The van der Waals surface area contributed by atoms with Gasteiger partial charge in [0.1, 0.15) is 0 Å². The number of ether oxygens (including phenoxy) is 1. The van der Waals surface area contributed by atoms with Crippen LogP contribution in [0.1, 0.15) is 24.5 Å². The summed E-state index contributed by atoms with van der Waals surface area (Å²) in [5.74, 6) is -1.09. The summed E-state index contributed by atoms with van der Waals surface area (Å²) in [5, 5.41) is 9.99. The van der Waals surface area contributed by atoms with Crippen molar-refractivity contribution in [3.05, 3.63) is 35.4 Å². The highest BCUT2D eigenvalue weighted by Gasteiger charge is 2.21. The van der Waals surface area contributed by atoms with Gasteiger partial charge in [0.05, 0.1) is 12.7 Å². The normalized spacial score (nSPS) is 16.6. The van der Waals surface area contributed by atoms with Gasteiger partial charge in [-0.25, -0.2) is 8.78 Å². The van der Waals surface area contributed by atoms with E-state index in [-0.39, 0.29) is 0 Å². The molecule has 0 bridgehead atoms. The standard InChI is InChI=1S/C15H21F2NO2/c1-18(6-7-20-10-11-2-3-11)9-15(19)12-4-5-13(16)14(17)8-12/h4-5,8,11,15,19H,2-3,6-7,9-10H2,1H3. The van der Waals surface area contributed by atoms with Crippen molar-refractivity contribution in [2.75, 3.05) is 33.4 Å². The number of nitrogens with zero attached hydrogens (tertiary/aromatic N) is 1. The number of hydrogen-bond acceptors (Lipinski definition) is 3. The quantitative estimate of drug-likeness (QED) is 0.744. The van der Waals surface area contributed by atoms with Crippen molar-refractivity contribution < 1.29 is 18.6 Å². The molecule has 1 aromatic carbocycles. The molecule has 1 aromatic rings. The fourth-order valence-corrected chi connectivity index (χ4v) is 1.97. The molecule has 0 saturated heterocycles. The van der Waals surface area contributed by atoms with Crippen molar-refractivity contribution in [2.45, 2.75) is 18.9 Å². The molecule has 0 radical (unpaired) electrons. The van der Waals surface area contributed by atoms with Gasteiger partial charge in [0.2, 0.25) is 0 Å². The predicted molar refractivity (Wildman–Crippen MR) is 72.4 cm³/mol. The molecule has 20 heavy (non-hydrogen) atoms. The van der Waals surface area contributed by atoms with Crippen LogP contribution in [0.25, 0.3) is 0 Å². The van der Waals surface area contributed by atoms with Crippen LogP contribution in [0, 0.1) is 17.6 Å². The van der Waals surface area contributed by atoms with Crippen LogP contribution in [-0.4, -0.2) is 43.4 Å². The molecular weight excluding hydrogens is 264 g/mol. The third kappa shape index (κ3) is 4.81. The fourth-order valence-electron chi connectivity index (χ4n) is 1.97. The lowest BCUT2D eigenvalue weighted by molar-refractivity contribution is 0.0793. The van der Waals surface area contributed by atoms with E-state index in [9.17, 15) is 13.9 Å². The molecule has 1 unspecified atom stereocenters. The summed E-state index contributed by atoms with van der Waals surface area (Å²) in [6, 6.07) is 3.48. The zero-order valence-corrected chi connectivity index (χ0v) is 11.7. The topological polar surface area (TPSA) is 32.7 Å². The molecule has 1 atom stereocenters. The summed E-state index contributed by atoms with van der Waals surface area (Å²) < 4.78 is 31.4. The van der Waals surface area contributed by atoms with E-state index in [0.29, 0.717) is 25.3 Å². The summed E-state index contributed by atoms with van der Waals surface area (Å²) in [5.41, 5.74) is 0.384. The maximum atomic E-state index is 13.1. The Balaban J connectivity index is 1.71. The van der Waals surface area contributed by atoms with Crippen molar-refractivity contribution in [1.29, 1.82) is 0 Å². The Morgan fingerprint density at radius 2 is 2.10 bits per heavy atom. The van der Waals surface area contributed by atoms with Gasteiger partial charge in [0, 0.05) is 19.7 Å². The van der Waals surface area contributed by atoms with Crippen LogP contribution in [-0.2, 0) is 4.74 Å². The number of likely N-dealkylation sites (N-methyl/N-ethyl adjacent to an activating group) is 1. The van der Waals surface area contributed by atoms with Gasteiger partial charge in [0.15, 0.2) is 11.6 Å². The van der Waals surface area contributed by atoms with Crippen molar-refractivity contribution in [3.8, 4) is 0 Å². The minimum atomic E-state index is -0.933. The summed E-state index contributed by atoms with van der Waals surface area (Å²) >= 11 is 0. The van der Waals surface area contributed by atoms with Gasteiger partial charge >= 0.3 is 0 Å². The summed E-state index contributed by atoms with van der Waals surface area (Å²) in [4.78, 5) is 1.92. The molecular formula is C15H21F2NO2. The molecule has 1 aliphatic rings. The molecule has 0 aliphatic heterocycles. The second kappa shape index (κ2) is 7.11. The van der Waals surface area contributed by atoms with E-state index < -0.39 is 17.7 Å². The highest BCUT2D eigenvalue weighted by Crippen LogP contribution is 2.28. The third-order valence-electron chi connectivity index (χ3n) is 3.48. The van der Waals surface area contributed by atoms with Gasteiger partial charge in [-0.1, -0.05) is 6.07 Å². The first kappa shape index (κ1) is 15.4. The van der Waals surface area contributed by atoms with E-state index in [1.165, 1.54) is 18.9 Å². The lowest BCUT2D eigenvalue weighted by atomic mass is 10.1. The predicted octanol–water partition coefficient (Wildman–Crippen LogP) is 2.36. The average Bonchev–Trinajstić information content (AvgIpc) is 3.22. The van der Waals surface area contributed by atoms with Crippen LogP contribution >= 0.6 is 0 Å². The first-order valence-electron chi connectivity index (χ1n) is 6.95. The second-order valence-electron chi connectivity index (χ2n) is 5.47. The Morgan fingerprint density at radius 3 is 2.75 bits per heavy atom. The van der Waals surface area contributed by atoms with E-state index in [0.717, 1.165) is 24.7 Å². The molecule has 1 N–H and O–H groups in total. The molecule has 0 heterocycles. The zero-order valence-electron chi connectivity index (χ0n) is 11.7. The number of aliphatic hydroxyl groups is 1. The van der Waals surface area contributed by atoms with E-state index in [2.05, 4.69) is 0 Å². The number of hydrogen-bond donors (Lipinski definition) is 1. The van der Waals surface area contributed by atoms with Crippen LogP contribution < -0.4 is 0 Å². The SMILES string of the molecule is CN(CCOCC1CC1)CC(O)c1ccc(F)c(F)c1. The van der Waals surface area contributed by atoms with Crippen LogP contribution in [0.3, 0.4) is 0 Å². The number of benzene rings is 1. The Hall–Kier alpha value is -1.04. The molecule has 0 aromatic heterocycles. The van der Waals surface area contributed by atoms with E-state index in [4.69, 9.17) is 4.74 Å². The van der Waals surface area contributed by atoms with Gasteiger partial charge in [-0.3, -0.25) is 0 Å². The molecule has 1 saturated carbocycles. The Morgan fingerprint density at radius 1 is 1.35 bits per heavy atom. The van der Waals surface area contributed by atoms with E-state index >= 15 is 0 Å². The van der Waals surface area contributed by atoms with Gasteiger partial charge in [-0.2, -0.15) is 0 Å². The van der Waals surface area contributed by atoms with Crippen molar-refractivity contribution in [1.82, 2.24) is 4.90 Å². The number of halogens is 2. The van der Waals surface area contributed by atoms with Gasteiger partial charge in [-0.15, -0.1) is 0 Å². The molecule has 5 heteroatoms. The van der Waals surface area contributed by atoms with Crippen LogP contribution in [0.2, 0.25) is 0 Å². The summed E-state index contributed by atoms with van der Waals surface area (Å²) in [7, 11) is 1.86. The minimum absolute atomic E-state index is 0.359. The Kier molecular flexibility index (Phi) is 5.46. The van der Waals surface area contributed by atoms with Gasteiger partial charge in [-0.05, 0) is 43.5 Å². The van der Waals surface area contributed by atoms with Crippen molar-refractivity contribution in [3.63, 3.8) is 0 Å². The number of rotatable bonds is 8. The van der Waals surface area contributed by atoms with Gasteiger partial charge in [0.25, 0.3) is 0 Å². The summed E-state index contributed by atoms with van der Waals surface area (Å²) in [6.07, 6.45) is 1.70. The third-order valence-corrected chi connectivity index (χ3v) is 3.48. The smallest absolute Gasteiger partial charge is 0.159 e. The van der Waals surface area contributed by atoms with Crippen LogP contribution in [0.5, 0.6) is 0 Å².